The van der Waals surface area contributed by atoms with Gasteiger partial charge in [0.1, 0.15) is 0 Å². The van der Waals surface area contributed by atoms with Crippen LogP contribution in [0, 0.1) is 0 Å². The van der Waals surface area contributed by atoms with Crippen LogP contribution in [0.1, 0.15) is 34.3 Å². The first-order chi connectivity index (χ1) is 8.20. The van der Waals surface area contributed by atoms with E-state index in [1.165, 1.54) is 0 Å². The first-order valence-electron chi connectivity index (χ1n) is 5.57. The van der Waals surface area contributed by atoms with Crippen LogP contribution in [0.5, 0.6) is 0 Å². The molecule has 0 saturated carbocycles. The Bertz CT molecular complexity index is 517. The van der Waals surface area contributed by atoms with E-state index in [0.717, 1.165) is 11.1 Å². The van der Waals surface area contributed by atoms with Crippen molar-refractivity contribution in [1.29, 1.82) is 0 Å². The molecule has 86 valence electrons. The average Bonchev–Trinajstić information content (AvgIpc) is 2.39. The van der Waals surface area contributed by atoms with Crippen molar-refractivity contribution in [3.05, 3.63) is 71.3 Å². The highest BCUT2D eigenvalue weighted by atomic mass is 16.4. The molecule has 0 aliphatic heterocycles. The molecule has 2 heteroatoms. The first-order valence-corrected chi connectivity index (χ1v) is 5.57. The maximum absolute atomic E-state index is 11.2. The van der Waals surface area contributed by atoms with Crippen molar-refractivity contribution >= 4 is 5.97 Å². The van der Waals surface area contributed by atoms with Crippen molar-refractivity contribution in [2.75, 3.05) is 0 Å². The highest BCUT2D eigenvalue weighted by molar-refractivity contribution is 5.89. The van der Waals surface area contributed by atoms with Crippen molar-refractivity contribution in [3.63, 3.8) is 0 Å². The molecule has 2 nitrogen and oxygen atoms in total. The Labute approximate surface area is 101 Å². The van der Waals surface area contributed by atoms with Crippen LogP contribution in [-0.4, -0.2) is 11.1 Å². The monoisotopic (exact) mass is 226 g/mol. The van der Waals surface area contributed by atoms with E-state index in [1.807, 2.05) is 49.4 Å². The second-order valence-electron chi connectivity index (χ2n) is 4.02. The molecule has 0 spiro atoms. The fourth-order valence-electron chi connectivity index (χ4n) is 1.99. The van der Waals surface area contributed by atoms with Gasteiger partial charge < -0.3 is 5.11 Å². The van der Waals surface area contributed by atoms with Crippen molar-refractivity contribution in [3.8, 4) is 0 Å². The van der Waals surface area contributed by atoms with Gasteiger partial charge in [-0.05, 0) is 17.2 Å². The minimum absolute atomic E-state index is 0.0866. The third-order valence-electron chi connectivity index (χ3n) is 2.96. The van der Waals surface area contributed by atoms with Crippen LogP contribution in [-0.2, 0) is 0 Å². The third-order valence-corrected chi connectivity index (χ3v) is 2.96. The maximum atomic E-state index is 11.2. The highest BCUT2D eigenvalue weighted by Gasteiger charge is 2.15. The normalized spacial score (nSPS) is 12.1. The number of benzene rings is 2. The molecule has 0 aliphatic rings. The van der Waals surface area contributed by atoms with Gasteiger partial charge in [0, 0.05) is 5.92 Å². The molecule has 1 N–H and O–H groups in total. The van der Waals surface area contributed by atoms with Gasteiger partial charge in [0.15, 0.2) is 0 Å². The Kier molecular flexibility index (Phi) is 3.24. The Balaban J connectivity index is 2.44. The minimum atomic E-state index is -0.872. The van der Waals surface area contributed by atoms with Gasteiger partial charge >= 0.3 is 5.97 Å². The fourth-order valence-corrected chi connectivity index (χ4v) is 1.99. The molecule has 1 atom stereocenters. The Morgan fingerprint density at radius 1 is 1.00 bits per heavy atom. The predicted molar refractivity (Wildman–Crippen MR) is 67.4 cm³/mol. The van der Waals surface area contributed by atoms with Gasteiger partial charge in [-0.2, -0.15) is 0 Å². The smallest absolute Gasteiger partial charge is 0.335 e. The van der Waals surface area contributed by atoms with E-state index in [4.69, 9.17) is 5.11 Å². The lowest BCUT2D eigenvalue weighted by Gasteiger charge is -2.14. The summed E-state index contributed by atoms with van der Waals surface area (Å²) < 4.78 is 0. The van der Waals surface area contributed by atoms with Gasteiger partial charge in [0.25, 0.3) is 0 Å². The number of aromatic carboxylic acids is 1. The van der Waals surface area contributed by atoms with E-state index in [-0.39, 0.29) is 5.92 Å². The largest absolute Gasteiger partial charge is 0.478 e. The number of hydrogen-bond acceptors (Lipinski definition) is 1. The van der Waals surface area contributed by atoms with E-state index >= 15 is 0 Å². The third kappa shape index (κ3) is 2.36. The second-order valence-corrected chi connectivity index (χ2v) is 4.02. The fraction of sp³-hybridized carbons (Fsp3) is 0.133. The maximum Gasteiger partial charge on any atom is 0.335 e. The molecule has 0 heterocycles. The Morgan fingerprint density at radius 2 is 1.59 bits per heavy atom. The molecule has 0 unspecified atom stereocenters. The van der Waals surface area contributed by atoms with E-state index in [0.29, 0.717) is 5.56 Å². The topological polar surface area (TPSA) is 37.3 Å². The SMILES string of the molecule is C[C@@H](c1ccccc1)c1ccccc1C(=O)O. The molecule has 0 amide bonds. The number of rotatable bonds is 3. The van der Waals surface area contributed by atoms with Crippen LogP contribution in [0.3, 0.4) is 0 Å². The average molecular weight is 226 g/mol. The number of carboxylic acids is 1. The van der Waals surface area contributed by atoms with Gasteiger partial charge in [-0.3, -0.25) is 0 Å². The quantitative estimate of drug-likeness (QED) is 0.869. The molecule has 2 rings (SSSR count). The molecule has 0 bridgehead atoms. The lowest BCUT2D eigenvalue weighted by molar-refractivity contribution is 0.0695. The van der Waals surface area contributed by atoms with Gasteiger partial charge in [-0.25, -0.2) is 4.79 Å². The van der Waals surface area contributed by atoms with E-state index in [2.05, 4.69) is 0 Å². The van der Waals surface area contributed by atoms with Gasteiger partial charge in [-0.15, -0.1) is 0 Å². The first kappa shape index (κ1) is 11.4. The van der Waals surface area contributed by atoms with E-state index in [1.54, 1.807) is 12.1 Å². The number of carbonyl (C=O) groups is 1. The zero-order chi connectivity index (χ0) is 12.3. The van der Waals surface area contributed by atoms with Crippen LogP contribution in [0.2, 0.25) is 0 Å². The van der Waals surface area contributed by atoms with Gasteiger partial charge in [0.05, 0.1) is 5.56 Å². The number of carboxylic acid groups (broad SMARTS) is 1. The van der Waals surface area contributed by atoms with Crippen LogP contribution in [0.15, 0.2) is 54.6 Å². The second kappa shape index (κ2) is 4.83. The molecule has 0 radical (unpaired) electrons. The zero-order valence-electron chi connectivity index (χ0n) is 9.63. The summed E-state index contributed by atoms with van der Waals surface area (Å²) in [6.07, 6.45) is 0. The summed E-state index contributed by atoms with van der Waals surface area (Å²) >= 11 is 0. The summed E-state index contributed by atoms with van der Waals surface area (Å²) in [6.45, 7) is 2.02. The molecular weight excluding hydrogens is 212 g/mol. The standard InChI is InChI=1S/C15H14O2/c1-11(12-7-3-2-4-8-12)13-9-5-6-10-14(13)15(16)17/h2-11H,1H3,(H,16,17)/t11-/m0/s1. The molecule has 0 fully saturated rings. The van der Waals surface area contributed by atoms with Crippen LogP contribution in [0.25, 0.3) is 0 Å². The van der Waals surface area contributed by atoms with Crippen molar-refractivity contribution in [2.24, 2.45) is 0 Å². The summed E-state index contributed by atoms with van der Waals surface area (Å²) in [5, 5.41) is 9.16. The van der Waals surface area contributed by atoms with Crippen molar-refractivity contribution in [2.45, 2.75) is 12.8 Å². The van der Waals surface area contributed by atoms with Gasteiger partial charge in [0.2, 0.25) is 0 Å². The molecular formula is C15H14O2. The lowest BCUT2D eigenvalue weighted by Crippen LogP contribution is -2.06. The molecule has 0 aromatic heterocycles. The summed E-state index contributed by atoms with van der Waals surface area (Å²) in [6, 6.07) is 17.1. The van der Waals surface area contributed by atoms with E-state index < -0.39 is 5.97 Å². The highest BCUT2D eigenvalue weighted by Crippen LogP contribution is 2.26. The summed E-state index contributed by atoms with van der Waals surface area (Å²) in [7, 11) is 0. The van der Waals surface area contributed by atoms with Crippen LogP contribution in [0.4, 0.5) is 0 Å². The summed E-state index contributed by atoms with van der Waals surface area (Å²) in [5.74, 6) is -0.785. The van der Waals surface area contributed by atoms with Crippen molar-refractivity contribution in [1.82, 2.24) is 0 Å². The summed E-state index contributed by atoms with van der Waals surface area (Å²) in [5.41, 5.74) is 2.36. The number of hydrogen-bond donors (Lipinski definition) is 1. The molecule has 2 aromatic carbocycles. The molecule has 0 saturated heterocycles. The Hall–Kier alpha value is -2.09. The molecule has 2 aromatic rings. The van der Waals surface area contributed by atoms with Crippen LogP contribution < -0.4 is 0 Å². The van der Waals surface area contributed by atoms with E-state index in [9.17, 15) is 4.79 Å². The van der Waals surface area contributed by atoms with Gasteiger partial charge in [-0.1, -0.05) is 55.5 Å². The lowest BCUT2D eigenvalue weighted by atomic mass is 9.90. The van der Waals surface area contributed by atoms with Crippen LogP contribution >= 0.6 is 0 Å². The minimum Gasteiger partial charge on any atom is -0.478 e. The zero-order valence-corrected chi connectivity index (χ0v) is 9.63. The Morgan fingerprint density at radius 3 is 2.24 bits per heavy atom. The predicted octanol–water partition coefficient (Wildman–Crippen LogP) is 3.54. The molecule has 0 aliphatic carbocycles. The summed E-state index contributed by atoms with van der Waals surface area (Å²) in [4.78, 5) is 11.2. The van der Waals surface area contributed by atoms with Crippen molar-refractivity contribution < 1.29 is 9.90 Å². The molecule has 17 heavy (non-hydrogen) atoms.